The minimum absolute atomic E-state index is 0.256. The SMILES string of the molecule is CCCN[C@@H](CCCCCN(CCc1ccc(N)cc1)C(=O)OCc1ccccc1)C1CCc2c(ccc(OCc3ccccc3)c2OCc2ccccc2)C1. The Morgan fingerprint density at radius 1 is 0.732 bits per heavy atom. The molecule has 0 saturated heterocycles. The first-order valence-corrected chi connectivity index (χ1v) is 20.6. The molecule has 294 valence electrons. The molecule has 0 aliphatic heterocycles. The highest BCUT2D eigenvalue weighted by atomic mass is 16.6. The summed E-state index contributed by atoms with van der Waals surface area (Å²) in [5, 5.41) is 3.92. The highest BCUT2D eigenvalue weighted by Crippen LogP contribution is 2.41. The fourth-order valence-electron chi connectivity index (χ4n) is 7.64. The fraction of sp³-hybridized carbons (Fsp3) is 0.367. The van der Waals surface area contributed by atoms with E-state index >= 15 is 0 Å². The molecule has 0 heterocycles. The average molecular weight is 754 g/mol. The second-order valence-electron chi connectivity index (χ2n) is 15.0. The number of nitrogens with two attached hydrogens (primary N) is 1. The van der Waals surface area contributed by atoms with Crippen molar-refractivity contribution in [2.24, 2.45) is 5.92 Å². The molecule has 0 bridgehead atoms. The number of hydrogen-bond acceptors (Lipinski definition) is 6. The average Bonchev–Trinajstić information content (AvgIpc) is 3.24. The Morgan fingerprint density at radius 3 is 2.04 bits per heavy atom. The van der Waals surface area contributed by atoms with Crippen LogP contribution in [0.5, 0.6) is 11.5 Å². The van der Waals surface area contributed by atoms with E-state index in [1.54, 1.807) is 0 Å². The number of nitrogens with zero attached hydrogens (tertiary/aromatic N) is 1. The van der Waals surface area contributed by atoms with E-state index in [0.717, 1.165) is 104 Å². The predicted molar refractivity (Wildman–Crippen MR) is 227 cm³/mol. The maximum atomic E-state index is 13.3. The minimum atomic E-state index is -0.256. The predicted octanol–water partition coefficient (Wildman–Crippen LogP) is 10.3. The van der Waals surface area contributed by atoms with Crippen LogP contribution in [0.2, 0.25) is 0 Å². The third-order valence-corrected chi connectivity index (χ3v) is 10.8. The Morgan fingerprint density at radius 2 is 1.38 bits per heavy atom. The first kappa shape index (κ1) is 40.4. The van der Waals surface area contributed by atoms with E-state index < -0.39 is 0 Å². The van der Waals surface area contributed by atoms with Crippen molar-refractivity contribution in [1.29, 1.82) is 0 Å². The zero-order valence-electron chi connectivity index (χ0n) is 33.0. The third-order valence-electron chi connectivity index (χ3n) is 10.8. The smallest absolute Gasteiger partial charge is 0.410 e. The van der Waals surface area contributed by atoms with E-state index in [9.17, 15) is 4.79 Å². The molecule has 0 fully saturated rings. The number of nitrogen functional groups attached to an aromatic ring is 1. The lowest BCUT2D eigenvalue weighted by Gasteiger charge is -2.33. The highest BCUT2D eigenvalue weighted by molar-refractivity contribution is 5.67. The normalized spacial score (nSPS) is 14.1. The van der Waals surface area contributed by atoms with Gasteiger partial charge < -0.3 is 30.2 Å². The van der Waals surface area contributed by atoms with Gasteiger partial charge in [-0.25, -0.2) is 4.79 Å². The number of carbonyl (C=O) groups is 1. The molecule has 6 rings (SSSR count). The fourth-order valence-corrected chi connectivity index (χ4v) is 7.64. The number of hydrogen-bond donors (Lipinski definition) is 2. The molecule has 0 spiro atoms. The second kappa shape index (κ2) is 21.7. The molecular formula is C49H59N3O4. The lowest BCUT2D eigenvalue weighted by atomic mass is 9.78. The van der Waals surface area contributed by atoms with Gasteiger partial charge in [-0.05, 0) is 103 Å². The van der Waals surface area contributed by atoms with E-state index in [0.29, 0.717) is 38.3 Å². The van der Waals surface area contributed by atoms with Gasteiger partial charge in [0.2, 0.25) is 0 Å². The molecule has 0 aromatic heterocycles. The van der Waals surface area contributed by atoms with Gasteiger partial charge in [-0.2, -0.15) is 0 Å². The van der Waals surface area contributed by atoms with Crippen LogP contribution in [0.15, 0.2) is 127 Å². The molecule has 1 aliphatic carbocycles. The number of ether oxygens (including phenoxy) is 3. The Balaban J connectivity index is 1.06. The summed E-state index contributed by atoms with van der Waals surface area (Å²) in [7, 11) is 0. The molecule has 1 aliphatic rings. The number of fused-ring (bicyclic) bond motifs is 1. The highest BCUT2D eigenvalue weighted by Gasteiger charge is 2.29. The van der Waals surface area contributed by atoms with Crippen LogP contribution < -0.4 is 20.5 Å². The van der Waals surface area contributed by atoms with Gasteiger partial charge >= 0.3 is 6.09 Å². The van der Waals surface area contributed by atoms with Crippen LogP contribution in [0.3, 0.4) is 0 Å². The summed E-state index contributed by atoms with van der Waals surface area (Å²) >= 11 is 0. The maximum absolute atomic E-state index is 13.3. The summed E-state index contributed by atoms with van der Waals surface area (Å²) < 4.78 is 18.8. The summed E-state index contributed by atoms with van der Waals surface area (Å²) in [5.41, 5.74) is 13.7. The van der Waals surface area contributed by atoms with Crippen molar-refractivity contribution in [2.45, 2.75) is 90.6 Å². The second-order valence-corrected chi connectivity index (χ2v) is 15.0. The van der Waals surface area contributed by atoms with Gasteiger partial charge in [-0.1, -0.05) is 129 Å². The van der Waals surface area contributed by atoms with E-state index in [-0.39, 0.29) is 12.7 Å². The van der Waals surface area contributed by atoms with Crippen LogP contribution in [0.4, 0.5) is 10.5 Å². The number of nitrogens with one attached hydrogen (secondary N) is 1. The summed E-state index contributed by atoms with van der Waals surface area (Å²) in [6.45, 7) is 5.81. The van der Waals surface area contributed by atoms with Crippen LogP contribution in [0, 0.1) is 5.92 Å². The molecule has 1 amide bonds. The molecule has 5 aromatic rings. The van der Waals surface area contributed by atoms with Crippen LogP contribution in [0.25, 0.3) is 0 Å². The topological polar surface area (TPSA) is 86.1 Å². The van der Waals surface area contributed by atoms with E-state index in [4.69, 9.17) is 19.9 Å². The molecule has 0 saturated carbocycles. The van der Waals surface area contributed by atoms with Crippen LogP contribution in [0.1, 0.15) is 78.8 Å². The van der Waals surface area contributed by atoms with E-state index in [1.165, 1.54) is 11.1 Å². The molecule has 7 nitrogen and oxygen atoms in total. The Hall–Kier alpha value is -5.27. The Bertz CT molecular complexity index is 1890. The van der Waals surface area contributed by atoms with Crippen molar-refractivity contribution >= 4 is 11.8 Å². The number of carbonyl (C=O) groups excluding carboxylic acids is 1. The largest absolute Gasteiger partial charge is 0.485 e. The van der Waals surface area contributed by atoms with Crippen molar-refractivity contribution in [3.63, 3.8) is 0 Å². The molecule has 5 aromatic carbocycles. The van der Waals surface area contributed by atoms with Crippen molar-refractivity contribution in [3.05, 3.63) is 161 Å². The van der Waals surface area contributed by atoms with Gasteiger partial charge in [0.15, 0.2) is 11.5 Å². The summed E-state index contributed by atoms with van der Waals surface area (Å²) in [4.78, 5) is 15.2. The van der Waals surface area contributed by atoms with Crippen LogP contribution in [-0.2, 0) is 43.8 Å². The molecule has 56 heavy (non-hydrogen) atoms. The first-order chi connectivity index (χ1) is 27.6. The van der Waals surface area contributed by atoms with Crippen molar-refractivity contribution < 1.29 is 19.0 Å². The molecule has 1 unspecified atom stereocenters. The summed E-state index contributed by atoms with van der Waals surface area (Å²) in [5.74, 6) is 2.24. The lowest BCUT2D eigenvalue weighted by Crippen LogP contribution is -2.39. The number of benzene rings is 5. The number of anilines is 1. The lowest BCUT2D eigenvalue weighted by molar-refractivity contribution is 0.0957. The number of rotatable bonds is 21. The quantitative estimate of drug-likeness (QED) is 0.0573. The minimum Gasteiger partial charge on any atom is -0.485 e. The van der Waals surface area contributed by atoms with Gasteiger partial charge in [0.25, 0.3) is 0 Å². The third kappa shape index (κ3) is 12.4. The van der Waals surface area contributed by atoms with Crippen molar-refractivity contribution in [3.8, 4) is 11.5 Å². The van der Waals surface area contributed by atoms with Gasteiger partial charge in [-0.15, -0.1) is 0 Å². The molecule has 0 radical (unpaired) electrons. The zero-order valence-corrected chi connectivity index (χ0v) is 33.0. The number of amides is 1. The molecule has 3 N–H and O–H groups in total. The molecule has 7 heteroatoms. The van der Waals surface area contributed by atoms with E-state index in [1.807, 2.05) is 83.8 Å². The summed E-state index contributed by atoms with van der Waals surface area (Å²) in [6, 6.07) is 43.3. The molecular weight excluding hydrogens is 695 g/mol. The first-order valence-electron chi connectivity index (χ1n) is 20.6. The van der Waals surface area contributed by atoms with Crippen molar-refractivity contribution in [2.75, 3.05) is 25.4 Å². The van der Waals surface area contributed by atoms with Gasteiger partial charge in [-0.3, -0.25) is 0 Å². The molecule has 2 atom stereocenters. The van der Waals surface area contributed by atoms with E-state index in [2.05, 4.69) is 60.8 Å². The Kier molecular flexibility index (Phi) is 15.7. The summed E-state index contributed by atoms with van der Waals surface area (Å²) in [6.07, 6.45) is 8.89. The maximum Gasteiger partial charge on any atom is 0.410 e. The monoisotopic (exact) mass is 753 g/mol. The van der Waals surface area contributed by atoms with Gasteiger partial charge in [0.05, 0.1) is 0 Å². The van der Waals surface area contributed by atoms with Gasteiger partial charge in [0.1, 0.15) is 19.8 Å². The Labute approximate surface area is 334 Å². The van der Waals surface area contributed by atoms with Crippen LogP contribution >= 0.6 is 0 Å². The van der Waals surface area contributed by atoms with Crippen LogP contribution in [-0.4, -0.2) is 36.7 Å². The standard InChI is InChI=1S/C49H59N3O4/c1-2-31-51-46(21-13-6-14-32-52(33-30-38-22-26-44(50)27-23-38)49(53)56-37-41-19-11-5-12-20-41)43-24-28-45-42(34-43)25-29-47(54-35-39-15-7-3-8-16-39)48(45)55-36-40-17-9-4-10-18-40/h3-5,7-12,15-20,22-23,25-27,29,43,46,51H,2,6,13-14,21,24,28,30-37,50H2,1H3/t43?,46-/m0/s1. The van der Waals surface area contributed by atoms with Crippen molar-refractivity contribution in [1.82, 2.24) is 10.2 Å². The van der Waals surface area contributed by atoms with Gasteiger partial charge in [0, 0.05) is 30.4 Å². The zero-order chi connectivity index (χ0) is 38.8. The number of unbranched alkanes of at least 4 members (excludes halogenated alkanes) is 2.